The molecule has 2 aromatic rings. The van der Waals surface area contributed by atoms with Crippen molar-refractivity contribution >= 4 is 17.6 Å². The molecule has 7 heteroatoms. The van der Waals surface area contributed by atoms with Gasteiger partial charge in [-0.1, -0.05) is 12.1 Å². The molecular weight excluding hydrogens is 329 g/mol. The Balaban J connectivity index is 1.93. The van der Waals surface area contributed by atoms with Crippen LogP contribution in [0.4, 0.5) is 10.1 Å². The lowest BCUT2D eigenvalue weighted by molar-refractivity contribution is -0.119. The van der Waals surface area contributed by atoms with Crippen LogP contribution < -0.4 is 14.8 Å². The first-order valence-corrected chi connectivity index (χ1v) is 7.57. The highest BCUT2D eigenvalue weighted by Gasteiger charge is 2.14. The van der Waals surface area contributed by atoms with Gasteiger partial charge in [0.25, 0.3) is 5.91 Å². The third kappa shape index (κ3) is 4.94. The Morgan fingerprint density at radius 1 is 1.12 bits per heavy atom. The van der Waals surface area contributed by atoms with Gasteiger partial charge in [0, 0.05) is 0 Å². The van der Waals surface area contributed by atoms with Gasteiger partial charge in [0.2, 0.25) is 0 Å². The minimum absolute atomic E-state index is 0.0131. The summed E-state index contributed by atoms with van der Waals surface area (Å²) in [5.41, 5.74) is 0.460. The second-order valence-corrected chi connectivity index (χ2v) is 4.90. The molecule has 0 spiro atoms. The van der Waals surface area contributed by atoms with Gasteiger partial charge in [-0.25, -0.2) is 9.18 Å². The van der Waals surface area contributed by atoms with Crippen LogP contribution in [0.1, 0.15) is 17.3 Å². The summed E-state index contributed by atoms with van der Waals surface area (Å²) < 4.78 is 28.6. The Hall–Kier alpha value is -3.09. The number of methoxy groups -OCH3 is 1. The van der Waals surface area contributed by atoms with Crippen LogP contribution in [0.5, 0.6) is 11.5 Å². The monoisotopic (exact) mass is 347 g/mol. The van der Waals surface area contributed by atoms with Gasteiger partial charge in [-0.3, -0.25) is 4.79 Å². The Morgan fingerprint density at radius 3 is 2.56 bits per heavy atom. The lowest BCUT2D eigenvalue weighted by Crippen LogP contribution is -2.21. The Kier molecular flexibility index (Phi) is 6.33. The number of halogens is 1. The number of benzene rings is 2. The second-order valence-electron chi connectivity index (χ2n) is 4.90. The van der Waals surface area contributed by atoms with Gasteiger partial charge in [-0.05, 0) is 37.3 Å². The van der Waals surface area contributed by atoms with Crippen molar-refractivity contribution in [2.24, 2.45) is 0 Å². The molecule has 0 unspecified atom stereocenters. The van der Waals surface area contributed by atoms with E-state index in [-0.39, 0.29) is 11.3 Å². The summed E-state index contributed by atoms with van der Waals surface area (Å²) in [6.45, 7) is 1.77. The van der Waals surface area contributed by atoms with Gasteiger partial charge < -0.3 is 19.5 Å². The van der Waals surface area contributed by atoms with Gasteiger partial charge in [0.1, 0.15) is 5.75 Å². The van der Waals surface area contributed by atoms with E-state index in [1.807, 2.05) is 6.92 Å². The van der Waals surface area contributed by atoms with E-state index in [1.165, 1.54) is 19.2 Å². The largest absolute Gasteiger partial charge is 0.494 e. The normalized spacial score (nSPS) is 10.0. The van der Waals surface area contributed by atoms with Crippen molar-refractivity contribution in [3.63, 3.8) is 0 Å². The molecule has 2 rings (SSSR count). The van der Waals surface area contributed by atoms with Crippen LogP contribution in [-0.2, 0) is 9.53 Å². The van der Waals surface area contributed by atoms with Crippen molar-refractivity contribution < 1.29 is 28.2 Å². The number of hydrogen-bond acceptors (Lipinski definition) is 5. The standard InChI is InChI=1S/C18H18FNO5/c1-3-24-16-7-5-4-6-14(16)20-17(21)11-25-18(22)12-8-9-15(23-2)13(19)10-12/h4-10H,3,11H2,1-2H3,(H,20,21). The molecule has 0 fully saturated rings. The number of rotatable bonds is 7. The molecule has 0 aliphatic carbocycles. The predicted octanol–water partition coefficient (Wildman–Crippen LogP) is 3.03. The average Bonchev–Trinajstić information content (AvgIpc) is 2.61. The number of carbonyl (C=O) groups is 2. The SMILES string of the molecule is CCOc1ccccc1NC(=O)COC(=O)c1ccc(OC)c(F)c1. The Bertz CT molecular complexity index is 763. The van der Waals surface area contributed by atoms with Crippen LogP contribution in [0.2, 0.25) is 0 Å². The summed E-state index contributed by atoms with van der Waals surface area (Å²) in [6.07, 6.45) is 0. The van der Waals surface area contributed by atoms with Crippen LogP contribution in [0, 0.1) is 5.82 Å². The summed E-state index contributed by atoms with van der Waals surface area (Å²) in [7, 11) is 1.32. The topological polar surface area (TPSA) is 73.9 Å². The van der Waals surface area contributed by atoms with Crippen molar-refractivity contribution in [1.29, 1.82) is 0 Å². The number of nitrogens with one attached hydrogen (secondary N) is 1. The van der Waals surface area contributed by atoms with Crippen LogP contribution in [0.3, 0.4) is 0 Å². The maximum atomic E-state index is 13.6. The molecule has 1 N–H and O–H groups in total. The first-order chi connectivity index (χ1) is 12.0. The van der Waals surface area contributed by atoms with Gasteiger partial charge in [-0.15, -0.1) is 0 Å². The zero-order valence-corrected chi connectivity index (χ0v) is 13.9. The number of para-hydroxylation sites is 2. The number of carbonyl (C=O) groups excluding carboxylic acids is 2. The minimum atomic E-state index is -0.810. The molecular formula is C18H18FNO5. The number of ether oxygens (including phenoxy) is 3. The molecule has 0 atom stereocenters. The fourth-order valence-electron chi connectivity index (χ4n) is 2.05. The summed E-state index contributed by atoms with van der Waals surface area (Å²) in [5, 5.41) is 2.60. The smallest absolute Gasteiger partial charge is 0.338 e. The molecule has 2 aromatic carbocycles. The zero-order chi connectivity index (χ0) is 18.2. The molecule has 0 heterocycles. The molecule has 25 heavy (non-hydrogen) atoms. The van der Waals surface area contributed by atoms with E-state index in [0.29, 0.717) is 18.0 Å². The number of amides is 1. The van der Waals surface area contributed by atoms with Gasteiger partial charge in [0.15, 0.2) is 18.2 Å². The lowest BCUT2D eigenvalue weighted by Gasteiger charge is -2.11. The van der Waals surface area contributed by atoms with Gasteiger partial charge in [0.05, 0.1) is 25.0 Å². The first kappa shape index (κ1) is 18.3. The number of anilines is 1. The molecule has 0 saturated carbocycles. The molecule has 0 aliphatic rings. The van der Waals surface area contributed by atoms with E-state index in [0.717, 1.165) is 6.07 Å². The summed E-state index contributed by atoms with van der Waals surface area (Å²) in [5.74, 6) is -1.50. The molecule has 6 nitrogen and oxygen atoms in total. The van der Waals surface area contributed by atoms with E-state index in [9.17, 15) is 14.0 Å². The molecule has 0 bridgehead atoms. The molecule has 132 valence electrons. The van der Waals surface area contributed by atoms with Crippen molar-refractivity contribution in [3.05, 3.63) is 53.8 Å². The van der Waals surface area contributed by atoms with Crippen molar-refractivity contribution in [1.82, 2.24) is 0 Å². The zero-order valence-electron chi connectivity index (χ0n) is 13.9. The molecule has 1 amide bonds. The lowest BCUT2D eigenvalue weighted by atomic mass is 10.2. The van der Waals surface area contributed by atoms with Crippen molar-refractivity contribution in [2.75, 3.05) is 25.6 Å². The Labute approximate surface area is 144 Å². The molecule has 0 aromatic heterocycles. The number of hydrogen-bond donors (Lipinski definition) is 1. The predicted molar refractivity (Wildman–Crippen MR) is 89.5 cm³/mol. The average molecular weight is 347 g/mol. The quantitative estimate of drug-likeness (QED) is 0.780. The molecule has 0 radical (unpaired) electrons. The second kappa shape index (κ2) is 8.68. The van der Waals surface area contributed by atoms with Gasteiger partial charge in [-0.2, -0.15) is 0 Å². The third-order valence-corrected chi connectivity index (χ3v) is 3.18. The summed E-state index contributed by atoms with van der Waals surface area (Å²) >= 11 is 0. The van der Waals surface area contributed by atoms with Crippen LogP contribution in [0.15, 0.2) is 42.5 Å². The fraction of sp³-hybridized carbons (Fsp3) is 0.222. The first-order valence-electron chi connectivity index (χ1n) is 7.57. The number of esters is 1. The summed E-state index contributed by atoms with van der Waals surface area (Å²) in [6, 6.07) is 10.6. The van der Waals surface area contributed by atoms with Crippen molar-refractivity contribution in [2.45, 2.75) is 6.92 Å². The summed E-state index contributed by atoms with van der Waals surface area (Å²) in [4.78, 5) is 23.8. The highest BCUT2D eigenvalue weighted by Crippen LogP contribution is 2.23. The van der Waals surface area contributed by atoms with Crippen LogP contribution >= 0.6 is 0 Å². The van der Waals surface area contributed by atoms with Crippen LogP contribution in [0.25, 0.3) is 0 Å². The fourth-order valence-corrected chi connectivity index (χ4v) is 2.05. The van der Waals surface area contributed by atoms with E-state index < -0.39 is 24.3 Å². The minimum Gasteiger partial charge on any atom is -0.494 e. The maximum Gasteiger partial charge on any atom is 0.338 e. The third-order valence-electron chi connectivity index (χ3n) is 3.18. The molecule has 0 aliphatic heterocycles. The van der Waals surface area contributed by atoms with E-state index >= 15 is 0 Å². The van der Waals surface area contributed by atoms with E-state index in [4.69, 9.17) is 14.2 Å². The highest BCUT2D eigenvalue weighted by molar-refractivity contribution is 5.96. The van der Waals surface area contributed by atoms with Crippen LogP contribution in [-0.4, -0.2) is 32.2 Å². The highest BCUT2D eigenvalue weighted by atomic mass is 19.1. The van der Waals surface area contributed by atoms with Crippen molar-refractivity contribution in [3.8, 4) is 11.5 Å². The van der Waals surface area contributed by atoms with E-state index in [2.05, 4.69) is 5.32 Å². The Morgan fingerprint density at radius 2 is 1.88 bits per heavy atom. The van der Waals surface area contributed by atoms with Gasteiger partial charge >= 0.3 is 5.97 Å². The van der Waals surface area contributed by atoms with E-state index in [1.54, 1.807) is 24.3 Å². The maximum absolute atomic E-state index is 13.6. The molecule has 0 saturated heterocycles.